The molecule has 2 bridgehead atoms. The molecule has 3 heterocycles. The van der Waals surface area contributed by atoms with Crippen LogP contribution in [0.5, 0.6) is 0 Å². The van der Waals surface area contributed by atoms with E-state index < -0.39 is 0 Å². The highest BCUT2D eigenvalue weighted by molar-refractivity contribution is 5.11. The van der Waals surface area contributed by atoms with Crippen molar-refractivity contribution >= 4 is 0 Å². The fourth-order valence-electron chi connectivity index (χ4n) is 4.88. The molecule has 1 spiro atoms. The van der Waals surface area contributed by atoms with Crippen LogP contribution in [0.4, 0.5) is 0 Å². The van der Waals surface area contributed by atoms with Gasteiger partial charge in [0.05, 0.1) is 0 Å². The molecule has 0 aromatic heterocycles. The van der Waals surface area contributed by atoms with Crippen LogP contribution < -0.4 is 0 Å². The number of likely N-dealkylation sites (tertiary alicyclic amines) is 1. The third-order valence-corrected chi connectivity index (χ3v) is 6.08. The van der Waals surface area contributed by atoms with Crippen LogP contribution in [-0.2, 0) is 0 Å². The second-order valence-corrected chi connectivity index (χ2v) is 6.72. The zero-order chi connectivity index (χ0) is 10.8. The van der Waals surface area contributed by atoms with Crippen LogP contribution in [0.15, 0.2) is 0 Å². The zero-order valence-corrected chi connectivity index (χ0v) is 10.5. The highest BCUT2D eigenvalue weighted by Gasteiger charge is 2.57. The van der Waals surface area contributed by atoms with E-state index in [1.165, 1.54) is 58.3 Å². The zero-order valence-electron chi connectivity index (χ0n) is 10.5. The molecule has 0 aromatic carbocycles. The Labute approximate surface area is 99.0 Å². The van der Waals surface area contributed by atoms with Gasteiger partial charge in [-0.15, -0.1) is 0 Å². The minimum absolute atomic E-state index is 0.730. The topological polar surface area (TPSA) is 6.48 Å². The number of fused-ring (bicyclic) bond motifs is 1. The molecule has 3 saturated heterocycles. The summed E-state index contributed by atoms with van der Waals surface area (Å²) in [6.07, 6.45) is 7.57. The summed E-state index contributed by atoms with van der Waals surface area (Å²) < 4.78 is 0. The van der Waals surface area contributed by atoms with E-state index in [1.54, 1.807) is 0 Å². The van der Waals surface area contributed by atoms with E-state index >= 15 is 0 Å². The molecule has 0 aromatic rings. The van der Waals surface area contributed by atoms with Gasteiger partial charge in [-0.3, -0.25) is 4.90 Å². The van der Waals surface area contributed by atoms with Gasteiger partial charge in [0.15, 0.2) is 0 Å². The van der Waals surface area contributed by atoms with Gasteiger partial charge in [-0.05, 0) is 56.5 Å². The van der Waals surface area contributed by atoms with E-state index in [0.717, 1.165) is 23.4 Å². The normalized spacial score (nSPS) is 51.9. The van der Waals surface area contributed by atoms with Gasteiger partial charge in [-0.25, -0.2) is 0 Å². The van der Waals surface area contributed by atoms with Crippen molar-refractivity contribution in [2.75, 3.05) is 26.2 Å². The molecule has 2 aliphatic carbocycles. The Bertz CT molecular complexity index is 297. The van der Waals surface area contributed by atoms with Gasteiger partial charge in [0.1, 0.15) is 0 Å². The van der Waals surface area contributed by atoms with Gasteiger partial charge in [0.25, 0.3) is 0 Å². The fourth-order valence-corrected chi connectivity index (χ4v) is 4.88. The van der Waals surface area contributed by atoms with E-state index in [1.807, 2.05) is 0 Å². The summed E-state index contributed by atoms with van der Waals surface area (Å²) in [6.45, 7) is 7.81. The SMILES string of the molecule is CCN1CCC2(CCC2N2CC3CC2C3)C1. The third-order valence-electron chi connectivity index (χ3n) is 6.08. The molecule has 0 N–H and O–H groups in total. The minimum atomic E-state index is 0.730. The van der Waals surface area contributed by atoms with Crippen LogP contribution in [0.3, 0.4) is 0 Å². The monoisotopic (exact) mass is 220 g/mol. The Kier molecular flexibility index (Phi) is 2.00. The Balaban J connectivity index is 1.49. The molecule has 3 aliphatic heterocycles. The van der Waals surface area contributed by atoms with Crippen molar-refractivity contribution in [3.63, 3.8) is 0 Å². The molecule has 2 unspecified atom stereocenters. The van der Waals surface area contributed by atoms with Gasteiger partial charge in [0, 0.05) is 25.2 Å². The van der Waals surface area contributed by atoms with E-state index in [9.17, 15) is 0 Å². The van der Waals surface area contributed by atoms with Gasteiger partial charge in [0.2, 0.25) is 0 Å². The van der Waals surface area contributed by atoms with E-state index in [4.69, 9.17) is 0 Å². The maximum atomic E-state index is 2.91. The van der Waals surface area contributed by atoms with Crippen LogP contribution in [0.25, 0.3) is 0 Å². The number of rotatable bonds is 2. The maximum absolute atomic E-state index is 2.91. The van der Waals surface area contributed by atoms with Crippen LogP contribution in [0.2, 0.25) is 0 Å². The molecule has 16 heavy (non-hydrogen) atoms. The van der Waals surface area contributed by atoms with E-state index in [2.05, 4.69) is 16.7 Å². The fraction of sp³-hybridized carbons (Fsp3) is 1.00. The van der Waals surface area contributed by atoms with Crippen molar-refractivity contribution < 1.29 is 0 Å². The van der Waals surface area contributed by atoms with Crippen molar-refractivity contribution in [2.45, 2.75) is 51.1 Å². The van der Waals surface area contributed by atoms with Crippen molar-refractivity contribution in [3.8, 4) is 0 Å². The predicted molar refractivity (Wildman–Crippen MR) is 65.4 cm³/mol. The van der Waals surface area contributed by atoms with Crippen molar-refractivity contribution in [1.29, 1.82) is 0 Å². The first-order chi connectivity index (χ1) is 7.81. The average Bonchev–Trinajstić information content (AvgIpc) is 2.86. The second kappa shape index (κ2) is 3.23. The maximum Gasteiger partial charge on any atom is 0.0168 e. The number of nitrogens with zero attached hydrogens (tertiary/aromatic N) is 2. The van der Waals surface area contributed by atoms with E-state index in [-0.39, 0.29) is 0 Å². The Hall–Kier alpha value is -0.0800. The predicted octanol–water partition coefficient (Wildman–Crippen LogP) is 1.95. The lowest BCUT2D eigenvalue weighted by Crippen LogP contribution is -2.57. The lowest BCUT2D eigenvalue weighted by Gasteiger charge is -2.52. The molecule has 2 nitrogen and oxygen atoms in total. The van der Waals surface area contributed by atoms with Crippen molar-refractivity contribution in [2.24, 2.45) is 11.3 Å². The Morgan fingerprint density at radius 1 is 1.25 bits per heavy atom. The summed E-state index contributed by atoms with van der Waals surface area (Å²) in [5.41, 5.74) is 0.730. The molecule has 2 atom stereocenters. The Morgan fingerprint density at radius 3 is 2.62 bits per heavy atom. The summed E-state index contributed by atoms with van der Waals surface area (Å²) in [6, 6.07) is 1.98. The number of hydrogen-bond acceptors (Lipinski definition) is 2. The molecule has 2 heteroatoms. The summed E-state index contributed by atoms with van der Waals surface area (Å²) in [5, 5.41) is 0. The molecule has 5 aliphatic rings. The minimum Gasteiger partial charge on any atom is -0.303 e. The van der Waals surface area contributed by atoms with Crippen LogP contribution >= 0.6 is 0 Å². The second-order valence-electron chi connectivity index (χ2n) is 6.72. The first kappa shape index (κ1) is 9.90. The van der Waals surface area contributed by atoms with Gasteiger partial charge >= 0.3 is 0 Å². The molecule has 5 fully saturated rings. The lowest BCUT2D eigenvalue weighted by atomic mass is 9.63. The van der Waals surface area contributed by atoms with Crippen LogP contribution in [0, 0.1) is 11.3 Å². The van der Waals surface area contributed by atoms with Crippen molar-refractivity contribution in [1.82, 2.24) is 9.80 Å². The highest BCUT2D eigenvalue weighted by Crippen LogP contribution is 2.55. The molecular formula is C14H24N2. The molecule has 5 rings (SSSR count). The summed E-state index contributed by atoms with van der Waals surface area (Å²) in [5.74, 6) is 1.09. The standard InChI is InChI=1S/C14H24N2/c1-2-15-6-5-14(10-15)4-3-13(14)16-9-11-7-12(16)8-11/h11-13H,2-10H2,1H3. The summed E-state index contributed by atoms with van der Waals surface area (Å²) in [7, 11) is 0. The summed E-state index contributed by atoms with van der Waals surface area (Å²) >= 11 is 0. The first-order valence-electron chi connectivity index (χ1n) is 7.29. The van der Waals surface area contributed by atoms with Crippen molar-refractivity contribution in [3.05, 3.63) is 0 Å². The van der Waals surface area contributed by atoms with Crippen LogP contribution in [-0.4, -0.2) is 48.1 Å². The van der Waals surface area contributed by atoms with Gasteiger partial charge in [-0.2, -0.15) is 0 Å². The largest absolute Gasteiger partial charge is 0.303 e. The molecule has 2 saturated carbocycles. The molecule has 90 valence electrons. The highest BCUT2D eigenvalue weighted by atomic mass is 15.3. The summed E-state index contributed by atoms with van der Waals surface area (Å²) in [4.78, 5) is 5.58. The van der Waals surface area contributed by atoms with E-state index in [0.29, 0.717) is 0 Å². The number of hydrogen-bond donors (Lipinski definition) is 0. The quantitative estimate of drug-likeness (QED) is 0.702. The average molecular weight is 220 g/mol. The van der Waals surface area contributed by atoms with Crippen LogP contribution in [0.1, 0.15) is 39.0 Å². The molecule has 0 radical (unpaired) electrons. The first-order valence-corrected chi connectivity index (χ1v) is 7.29. The molecular weight excluding hydrogens is 196 g/mol. The Morgan fingerprint density at radius 2 is 2.12 bits per heavy atom. The smallest absolute Gasteiger partial charge is 0.0168 e. The third kappa shape index (κ3) is 1.15. The molecule has 0 amide bonds. The van der Waals surface area contributed by atoms with Gasteiger partial charge < -0.3 is 4.90 Å². The van der Waals surface area contributed by atoms with Gasteiger partial charge in [-0.1, -0.05) is 6.92 Å². The lowest BCUT2D eigenvalue weighted by molar-refractivity contribution is -0.0205.